The van der Waals surface area contributed by atoms with Crippen molar-refractivity contribution in [3.63, 3.8) is 0 Å². The number of hydrogen-bond acceptors (Lipinski definition) is 4. The number of halogens is 1. The zero-order valence-corrected chi connectivity index (χ0v) is 13.6. The van der Waals surface area contributed by atoms with Gasteiger partial charge in [-0.25, -0.2) is 0 Å². The van der Waals surface area contributed by atoms with Gasteiger partial charge in [-0.3, -0.25) is 4.79 Å². The molecule has 0 bridgehead atoms. The van der Waals surface area contributed by atoms with Crippen molar-refractivity contribution in [2.24, 2.45) is 4.99 Å². The van der Waals surface area contributed by atoms with E-state index in [1.54, 1.807) is 0 Å². The molecule has 1 aromatic heterocycles. The van der Waals surface area contributed by atoms with Crippen LogP contribution in [0.3, 0.4) is 0 Å². The maximum Gasteiger partial charge on any atom is 0.317 e. The van der Waals surface area contributed by atoms with Gasteiger partial charge in [0.05, 0.1) is 15.2 Å². The van der Waals surface area contributed by atoms with Crippen LogP contribution in [0, 0.1) is 0 Å². The van der Waals surface area contributed by atoms with Crippen LogP contribution in [0.15, 0.2) is 35.2 Å². The van der Waals surface area contributed by atoms with Crippen LogP contribution in [-0.4, -0.2) is 23.7 Å². The molecule has 2 heterocycles. The second-order valence-electron chi connectivity index (χ2n) is 4.74. The fourth-order valence-corrected chi connectivity index (χ4v) is 3.64. The van der Waals surface area contributed by atoms with E-state index in [9.17, 15) is 4.79 Å². The van der Waals surface area contributed by atoms with Gasteiger partial charge in [0.1, 0.15) is 19.5 Å². The van der Waals surface area contributed by atoms with Gasteiger partial charge in [-0.05, 0) is 18.6 Å². The van der Waals surface area contributed by atoms with Gasteiger partial charge >= 0.3 is 5.91 Å². The highest BCUT2D eigenvalue weighted by Gasteiger charge is 2.16. The number of nitrogens with zero attached hydrogens (tertiary/aromatic N) is 2. The summed E-state index contributed by atoms with van der Waals surface area (Å²) in [6.45, 7) is 3.62. The van der Waals surface area contributed by atoms with Crippen LogP contribution in [0.5, 0.6) is 0 Å². The molecule has 0 saturated heterocycles. The molecule has 0 radical (unpaired) electrons. The summed E-state index contributed by atoms with van der Waals surface area (Å²) in [5, 5.41) is 0.660. The quantitative estimate of drug-likeness (QED) is 0.864. The van der Waals surface area contributed by atoms with Crippen molar-refractivity contribution in [2.45, 2.75) is 19.9 Å². The fraction of sp³-hybridized carbons (Fsp3) is 0.333. The molecular formula is C15H15ClN2O3S. The molecule has 0 N–H and O–H groups in total. The van der Waals surface area contributed by atoms with E-state index in [0.717, 1.165) is 23.2 Å². The third kappa shape index (κ3) is 2.89. The van der Waals surface area contributed by atoms with Crippen LogP contribution in [0.25, 0.3) is 10.2 Å². The molecule has 2 aromatic rings. The largest absolute Gasteiger partial charge is 0.494 e. The summed E-state index contributed by atoms with van der Waals surface area (Å²) in [5.74, 6) is -0.301. The van der Waals surface area contributed by atoms with Crippen molar-refractivity contribution in [1.82, 2.24) is 4.57 Å². The van der Waals surface area contributed by atoms with Gasteiger partial charge in [0.2, 0.25) is 5.76 Å². The lowest BCUT2D eigenvalue weighted by Gasteiger charge is -2.12. The first-order chi connectivity index (χ1) is 10.7. The SMILES string of the molecule is CCCn1c(=NC(=O)C2=COCCO2)sc2cccc(Cl)c21. The van der Waals surface area contributed by atoms with Crippen molar-refractivity contribution in [2.75, 3.05) is 13.2 Å². The Morgan fingerprint density at radius 1 is 1.45 bits per heavy atom. The smallest absolute Gasteiger partial charge is 0.317 e. The Balaban J connectivity index is 2.11. The number of fused-ring (bicyclic) bond motifs is 1. The van der Waals surface area contributed by atoms with Gasteiger partial charge in [0.15, 0.2) is 4.80 Å². The lowest BCUT2D eigenvalue weighted by molar-refractivity contribution is -0.119. The number of hydrogen-bond donors (Lipinski definition) is 0. The van der Waals surface area contributed by atoms with Gasteiger partial charge in [0.25, 0.3) is 0 Å². The average Bonchev–Trinajstić information content (AvgIpc) is 2.87. The minimum Gasteiger partial charge on any atom is -0.494 e. The summed E-state index contributed by atoms with van der Waals surface area (Å²) >= 11 is 7.74. The van der Waals surface area contributed by atoms with E-state index in [0.29, 0.717) is 23.0 Å². The third-order valence-electron chi connectivity index (χ3n) is 3.16. The zero-order chi connectivity index (χ0) is 15.5. The van der Waals surface area contributed by atoms with E-state index in [1.165, 1.54) is 17.6 Å². The van der Waals surface area contributed by atoms with Gasteiger partial charge < -0.3 is 14.0 Å². The minimum absolute atomic E-state index is 0.137. The monoisotopic (exact) mass is 338 g/mol. The maximum absolute atomic E-state index is 12.2. The number of amides is 1. The van der Waals surface area contributed by atoms with Gasteiger partial charge in [-0.1, -0.05) is 35.9 Å². The second kappa shape index (κ2) is 6.54. The summed E-state index contributed by atoms with van der Waals surface area (Å²) in [6, 6.07) is 5.71. The number of ether oxygens (including phenoxy) is 2. The predicted molar refractivity (Wildman–Crippen MR) is 85.7 cm³/mol. The van der Waals surface area contributed by atoms with Crippen LogP contribution in [0.4, 0.5) is 0 Å². The molecule has 0 aliphatic carbocycles. The predicted octanol–water partition coefficient (Wildman–Crippen LogP) is 3.08. The Morgan fingerprint density at radius 2 is 2.32 bits per heavy atom. The van der Waals surface area contributed by atoms with Crippen LogP contribution in [-0.2, 0) is 20.8 Å². The normalized spacial score (nSPS) is 15.4. The Hall–Kier alpha value is -1.79. The summed E-state index contributed by atoms with van der Waals surface area (Å²) in [7, 11) is 0. The topological polar surface area (TPSA) is 52.8 Å². The van der Waals surface area contributed by atoms with Crippen molar-refractivity contribution < 1.29 is 14.3 Å². The summed E-state index contributed by atoms with van der Waals surface area (Å²) in [6.07, 6.45) is 2.24. The van der Waals surface area contributed by atoms with E-state index in [4.69, 9.17) is 21.1 Å². The molecule has 1 amide bonds. The Labute approximate surface area is 136 Å². The number of thiazole rings is 1. The number of benzene rings is 1. The number of aromatic nitrogens is 1. The highest BCUT2D eigenvalue weighted by atomic mass is 35.5. The van der Waals surface area contributed by atoms with E-state index >= 15 is 0 Å². The van der Waals surface area contributed by atoms with E-state index < -0.39 is 5.91 Å². The Bertz CT molecular complexity index is 807. The second-order valence-corrected chi connectivity index (χ2v) is 6.16. The average molecular weight is 339 g/mol. The number of aryl methyl sites for hydroxylation is 1. The molecule has 0 spiro atoms. The van der Waals surface area contributed by atoms with Crippen molar-refractivity contribution in [3.05, 3.63) is 40.0 Å². The first-order valence-electron chi connectivity index (χ1n) is 7.02. The highest BCUT2D eigenvalue weighted by Crippen LogP contribution is 2.25. The molecule has 22 heavy (non-hydrogen) atoms. The summed E-state index contributed by atoms with van der Waals surface area (Å²) < 4.78 is 13.4. The first-order valence-corrected chi connectivity index (χ1v) is 8.21. The third-order valence-corrected chi connectivity index (χ3v) is 4.50. The van der Waals surface area contributed by atoms with Gasteiger partial charge in [0, 0.05) is 6.54 Å². The first kappa shape index (κ1) is 15.1. The van der Waals surface area contributed by atoms with Crippen molar-refractivity contribution in [3.8, 4) is 0 Å². The summed E-state index contributed by atoms with van der Waals surface area (Å²) in [5.41, 5.74) is 0.914. The summed E-state index contributed by atoms with van der Waals surface area (Å²) in [4.78, 5) is 17.0. The Kier molecular flexibility index (Phi) is 4.49. The molecule has 0 unspecified atom stereocenters. The fourth-order valence-electron chi connectivity index (χ4n) is 2.23. The van der Waals surface area contributed by atoms with E-state index in [-0.39, 0.29) is 5.76 Å². The van der Waals surface area contributed by atoms with Gasteiger partial charge in [-0.15, -0.1) is 0 Å². The van der Waals surface area contributed by atoms with Crippen LogP contribution in [0.1, 0.15) is 13.3 Å². The number of carbonyl (C=O) groups is 1. The van der Waals surface area contributed by atoms with Crippen LogP contribution < -0.4 is 4.80 Å². The minimum atomic E-state index is -0.438. The molecule has 0 saturated carbocycles. The molecule has 116 valence electrons. The van der Waals surface area contributed by atoms with E-state index in [2.05, 4.69) is 11.9 Å². The number of rotatable bonds is 3. The molecule has 1 aliphatic heterocycles. The molecule has 1 aromatic carbocycles. The molecule has 1 aliphatic rings. The molecule has 7 heteroatoms. The standard InChI is InChI=1S/C15H15ClN2O3S/c1-2-6-18-13-10(16)4-3-5-12(13)22-15(18)17-14(19)11-9-20-7-8-21-11/h3-5,9H,2,6-8H2,1H3. The molecular weight excluding hydrogens is 324 g/mol. The maximum atomic E-state index is 12.2. The number of para-hydroxylation sites is 1. The van der Waals surface area contributed by atoms with Gasteiger partial charge in [-0.2, -0.15) is 4.99 Å². The molecule has 0 fully saturated rings. The lowest BCUT2D eigenvalue weighted by atomic mass is 10.3. The Morgan fingerprint density at radius 3 is 3.05 bits per heavy atom. The number of carbonyl (C=O) groups excluding carboxylic acids is 1. The van der Waals surface area contributed by atoms with Crippen LogP contribution in [0.2, 0.25) is 5.02 Å². The van der Waals surface area contributed by atoms with Crippen molar-refractivity contribution >= 4 is 39.1 Å². The highest BCUT2D eigenvalue weighted by molar-refractivity contribution is 7.16. The molecule has 0 atom stereocenters. The molecule has 5 nitrogen and oxygen atoms in total. The zero-order valence-electron chi connectivity index (χ0n) is 12.0. The van der Waals surface area contributed by atoms with Crippen molar-refractivity contribution in [1.29, 1.82) is 0 Å². The van der Waals surface area contributed by atoms with Crippen LogP contribution >= 0.6 is 22.9 Å². The molecule has 3 rings (SSSR count). The lowest BCUT2D eigenvalue weighted by Crippen LogP contribution is -2.20. The van der Waals surface area contributed by atoms with E-state index in [1.807, 2.05) is 22.8 Å².